The van der Waals surface area contributed by atoms with Crippen LogP contribution in [0.5, 0.6) is 0 Å². The molecule has 158 valence electrons. The third kappa shape index (κ3) is 7.58. The Balaban J connectivity index is 1.99. The highest BCUT2D eigenvalue weighted by atomic mass is 32.1. The van der Waals surface area contributed by atoms with E-state index in [0.29, 0.717) is 0 Å². The normalized spacial score (nSPS) is 14.6. The van der Waals surface area contributed by atoms with Gasteiger partial charge in [-0.1, -0.05) is 103 Å². The molecule has 0 nitrogen and oxygen atoms in total. The second kappa shape index (κ2) is 13.9. The summed E-state index contributed by atoms with van der Waals surface area (Å²) in [5.41, 5.74) is 0. The first-order valence-corrected chi connectivity index (χ1v) is 17.0. The first-order chi connectivity index (χ1) is 13.7. The summed E-state index contributed by atoms with van der Waals surface area (Å²) in [5, 5.41) is 8.25. The Morgan fingerprint density at radius 3 is 1.50 bits per heavy atom. The molecule has 0 saturated carbocycles. The molecule has 0 aromatic carbocycles. The molecule has 4 heteroatoms. The Kier molecular flexibility index (Phi) is 12.0. The van der Waals surface area contributed by atoms with Crippen LogP contribution in [0.1, 0.15) is 79.1 Å². The maximum Gasteiger partial charge on any atom is 0.0569 e. The van der Waals surface area contributed by atoms with Crippen molar-refractivity contribution in [3.05, 3.63) is 22.9 Å². The van der Waals surface area contributed by atoms with Crippen molar-refractivity contribution in [2.75, 3.05) is 0 Å². The van der Waals surface area contributed by atoms with Crippen LogP contribution in [0.4, 0.5) is 0 Å². The fraction of sp³-hybridized carbons (Fsp3) is 0.667. The summed E-state index contributed by atoms with van der Waals surface area (Å²) >= 11 is 4.04. The lowest BCUT2D eigenvalue weighted by atomic mass is 10.0. The quantitative estimate of drug-likeness (QED) is 0.278. The monoisotopic (exact) mass is 450 g/mol. The fourth-order valence-electron chi connectivity index (χ4n) is 4.27. The molecule has 0 aliphatic heterocycles. The highest BCUT2D eigenvalue weighted by molar-refractivity contribution is 7.22. The molecule has 0 saturated heterocycles. The van der Waals surface area contributed by atoms with E-state index in [1.54, 1.807) is 20.1 Å². The van der Waals surface area contributed by atoms with Crippen LogP contribution in [-0.4, -0.2) is 19.0 Å². The number of hydrogen-bond acceptors (Lipinski definition) is 2. The van der Waals surface area contributed by atoms with Crippen molar-refractivity contribution in [3.63, 3.8) is 0 Å². The van der Waals surface area contributed by atoms with Gasteiger partial charge in [-0.3, -0.25) is 0 Å². The highest BCUT2D eigenvalue weighted by Crippen LogP contribution is 2.27. The topological polar surface area (TPSA) is 0 Å². The smallest absolute Gasteiger partial charge is 0.0569 e. The van der Waals surface area contributed by atoms with E-state index in [1.165, 1.54) is 63.5 Å². The molecular weight excluding hydrogens is 409 g/mol. The zero-order valence-corrected chi connectivity index (χ0v) is 23.2. The van der Waals surface area contributed by atoms with E-state index >= 15 is 0 Å². The van der Waals surface area contributed by atoms with Gasteiger partial charge in [0.1, 0.15) is 0 Å². The molecule has 2 unspecified atom stereocenters. The third-order valence-electron chi connectivity index (χ3n) is 6.43. The van der Waals surface area contributed by atoms with E-state index in [2.05, 4.69) is 50.6 Å². The van der Waals surface area contributed by atoms with Gasteiger partial charge in [0.2, 0.25) is 0 Å². The van der Waals surface area contributed by atoms with E-state index < -0.39 is 0 Å². The summed E-state index contributed by atoms with van der Waals surface area (Å²) in [6, 6.07) is 7.96. The minimum atomic E-state index is -0.136. The molecule has 2 aromatic rings. The number of unbranched alkanes of at least 4 members (excludes halogenated alkanes) is 2. The first-order valence-electron chi connectivity index (χ1n) is 11.9. The molecule has 2 aromatic heterocycles. The molecule has 0 aliphatic carbocycles. The standard InChI is InChI=1S/C24H42S2Si2/c1-5-9-11-19(7-3)17-27-21-13-15-25-23(21)24-22(14-16-26-24)28-18-20(8-4)12-10-6-2/h13-16,19-20H,5-12,17-18,27-28H2,1-4H3. The Morgan fingerprint density at radius 2 is 1.14 bits per heavy atom. The van der Waals surface area contributed by atoms with Gasteiger partial charge in [0.25, 0.3) is 0 Å². The van der Waals surface area contributed by atoms with E-state index in [-0.39, 0.29) is 19.0 Å². The van der Waals surface area contributed by atoms with Gasteiger partial charge in [0.15, 0.2) is 0 Å². The Morgan fingerprint density at radius 1 is 0.714 bits per heavy atom. The second-order valence-electron chi connectivity index (χ2n) is 8.46. The van der Waals surface area contributed by atoms with E-state index in [1.807, 2.05) is 22.7 Å². The summed E-state index contributed by atoms with van der Waals surface area (Å²) in [5.74, 6) is 1.95. The molecule has 0 spiro atoms. The van der Waals surface area contributed by atoms with Crippen LogP contribution < -0.4 is 10.4 Å². The van der Waals surface area contributed by atoms with Gasteiger partial charge in [0, 0.05) is 9.75 Å². The van der Waals surface area contributed by atoms with Crippen molar-refractivity contribution < 1.29 is 0 Å². The minimum Gasteiger partial charge on any atom is -0.143 e. The lowest BCUT2D eigenvalue weighted by Crippen LogP contribution is -2.21. The number of thiophene rings is 2. The number of hydrogen-bond donors (Lipinski definition) is 0. The lowest BCUT2D eigenvalue weighted by Gasteiger charge is -2.15. The molecule has 0 fully saturated rings. The van der Waals surface area contributed by atoms with Gasteiger partial charge < -0.3 is 0 Å². The first kappa shape index (κ1) is 24.1. The maximum absolute atomic E-state index is 2.47. The molecule has 2 rings (SSSR count). The van der Waals surface area contributed by atoms with Gasteiger partial charge >= 0.3 is 0 Å². The average Bonchev–Trinajstić information content (AvgIpc) is 3.37. The van der Waals surface area contributed by atoms with Crippen LogP contribution in [0.15, 0.2) is 22.9 Å². The van der Waals surface area contributed by atoms with Gasteiger partial charge in [-0.25, -0.2) is 0 Å². The molecular formula is C24H42S2Si2. The molecule has 0 bridgehead atoms. The van der Waals surface area contributed by atoms with E-state index in [4.69, 9.17) is 0 Å². The number of rotatable bonds is 15. The molecule has 0 aliphatic rings. The molecule has 2 heterocycles. The second-order valence-corrected chi connectivity index (χ2v) is 14.0. The third-order valence-corrected chi connectivity index (χ3v) is 13.5. The van der Waals surface area contributed by atoms with Gasteiger partial charge in [0.05, 0.1) is 19.0 Å². The van der Waals surface area contributed by atoms with E-state index in [0.717, 1.165) is 11.8 Å². The largest absolute Gasteiger partial charge is 0.143 e. The van der Waals surface area contributed by atoms with Gasteiger partial charge in [-0.05, 0) is 33.0 Å². The van der Waals surface area contributed by atoms with Crippen molar-refractivity contribution in [1.29, 1.82) is 0 Å². The molecule has 0 amide bonds. The van der Waals surface area contributed by atoms with Crippen LogP contribution in [0.3, 0.4) is 0 Å². The van der Waals surface area contributed by atoms with Gasteiger partial charge in [-0.15, -0.1) is 22.7 Å². The predicted molar refractivity (Wildman–Crippen MR) is 140 cm³/mol. The summed E-state index contributed by atoms with van der Waals surface area (Å²) < 4.78 is 0. The van der Waals surface area contributed by atoms with Crippen molar-refractivity contribution >= 4 is 52.1 Å². The van der Waals surface area contributed by atoms with Crippen LogP contribution in [-0.2, 0) is 0 Å². The summed E-state index contributed by atoms with van der Waals surface area (Å²) in [6.07, 6.45) is 11.2. The molecule has 28 heavy (non-hydrogen) atoms. The van der Waals surface area contributed by atoms with Gasteiger partial charge in [-0.2, -0.15) is 0 Å². The van der Waals surface area contributed by atoms with Crippen LogP contribution in [0, 0.1) is 11.8 Å². The Hall–Kier alpha value is -0.166. The average molecular weight is 451 g/mol. The maximum atomic E-state index is 2.47. The summed E-state index contributed by atoms with van der Waals surface area (Å²) in [4.78, 5) is 3.33. The zero-order chi connectivity index (χ0) is 20.2. The lowest BCUT2D eigenvalue weighted by molar-refractivity contribution is 0.491. The minimum absolute atomic E-state index is 0.136. The molecule has 0 radical (unpaired) electrons. The Labute approximate surface area is 187 Å². The van der Waals surface area contributed by atoms with Crippen LogP contribution >= 0.6 is 22.7 Å². The van der Waals surface area contributed by atoms with E-state index in [9.17, 15) is 0 Å². The predicted octanol–water partition coefficient (Wildman–Crippen LogP) is 6.33. The summed E-state index contributed by atoms with van der Waals surface area (Å²) in [6.45, 7) is 9.45. The van der Waals surface area contributed by atoms with Crippen LogP contribution in [0.2, 0.25) is 12.1 Å². The summed E-state index contributed by atoms with van der Waals surface area (Å²) in [7, 11) is -0.271. The molecule has 0 N–H and O–H groups in total. The van der Waals surface area contributed by atoms with Crippen molar-refractivity contribution in [3.8, 4) is 9.75 Å². The van der Waals surface area contributed by atoms with Crippen molar-refractivity contribution in [2.45, 2.75) is 91.1 Å². The highest BCUT2D eigenvalue weighted by Gasteiger charge is 2.16. The molecule has 2 atom stereocenters. The SMILES string of the molecule is CCCCC(CC)C[SiH2]c1ccsc1-c1sccc1[SiH2]CC(CC)CCCC. The van der Waals surface area contributed by atoms with Crippen molar-refractivity contribution in [2.24, 2.45) is 11.8 Å². The van der Waals surface area contributed by atoms with Crippen molar-refractivity contribution in [1.82, 2.24) is 0 Å². The zero-order valence-electron chi connectivity index (χ0n) is 18.8. The fourth-order valence-corrected chi connectivity index (χ4v) is 12.1. The Bertz CT molecular complexity index is 590. The van der Waals surface area contributed by atoms with Crippen LogP contribution in [0.25, 0.3) is 9.75 Å².